The Morgan fingerprint density at radius 1 is 1.10 bits per heavy atom. The molecule has 0 spiro atoms. The van der Waals surface area contributed by atoms with Crippen LogP contribution in [0.4, 0.5) is 19.1 Å². The molecule has 0 saturated heterocycles. The number of phenolic OH excluding ortho intramolecular Hbond substituents is 1. The van der Waals surface area contributed by atoms with E-state index in [4.69, 9.17) is 6.92 Å². The number of alkyl halides is 1. The predicted octanol–water partition coefficient (Wildman–Crippen LogP) is 4.06. The Labute approximate surface area is 165 Å². The van der Waals surface area contributed by atoms with Crippen LogP contribution in [-0.2, 0) is 5.41 Å². The lowest BCUT2D eigenvalue weighted by Crippen LogP contribution is -2.49. The van der Waals surface area contributed by atoms with Crippen molar-refractivity contribution in [3.63, 3.8) is 0 Å². The highest BCUT2D eigenvalue weighted by atomic mass is 19.1. The van der Waals surface area contributed by atoms with Crippen molar-refractivity contribution in [2.24, 2.45) is 0 Å². The van der Waals surface area contributed by atoms with E-state index in [0.717, 1.165) is 6.07 Å². The molecule has 148 valence electrons. The number of anilines is 1. The highest BCUT2D eigenvalue weighted by molar-refractivity contribution is 5.72. The molecule has 1 saturated carbocycles. The van der Waals surface area contributed by atoms with Crippen LogP contribution >= 0.6 is 0 Å². The maximum absolute atomic E-state index is 14.2. The lowest BCUT2D eigenvalue weighted by molar-refractivity contribution is 0.0963. The van der Waals surface area contributed by atoms with Crippen molar-refractivity contribution in [3.05, 3.63) is 72.7 Å². The summed E-state index contributed by atoms with van der Waals surface area (Å²) in [5.74, 6) is -1.32. The molecule has 8 heteroatoms. The first-order valence-electron chi connectivity index (χ1n) is 8.98. The van der Waals surface area contributed by atoms with E-state index in [0.29, 0.717) is 0 Å². The van der Waals surface area contributed by atoms with Crippen LogP contribution in [0.3, 0.4) is 0 Å². The van der Waals surface area contributed by atoms with Crippen LogP contribution in [0, 0.1) is 18.6 Å². The number of aromatic nitrogens is 3. The van der Waals surface area contributed by atoms with Gasteiger partial charge in [0.1, 0.15) is 23.6 Å². The molecule has 2 N–H and O–H groups in total. The fraction of sp³-hybridized carbons (Fsp3) is 0.238. The molecule has 0 amide bonds. The number of aromatic hydroxyl groups is 1. The van der Waals surface area contributed by atoms with E-state index in [-0.39, 0.29) is 53.5 Å². The van der Waals surface area contributed by atoms with Crippen molar-refractivity contribution in [2.45, 2.75) is 24.4 Å². The minimum atomic E-state index is -1.02. The molecule has 1 aromatic carbocycles. The van der Waals surface area contributed by atoms with Crippen LogP contribution in [0.25, 0.3) is 11.1 Å². The lowest BCUT2D eigenvalue weighted by atomic mass is 9.65. The number of hydrogen-bond acceptors (Lipinski definition) is 5. The normalized spacial score (nSPS) is 20.9. The third-order valence-electron chi connectivity index (χ3n) is 5.17. The number of phenols is 1. The van der Waals surface area contributed by atoms with Crippen molar-refractivity contribution in [2.75, 3.05) is 11.9 Å². The molecule has 2 aromatic heterocycles. The largest absolute Gasteiger partial charge is 0.507 e. The van der Waals surface area contributed by atoms with E-state index in [2.05, 4.69) is 20.3 Å². The lowest BCUT2D eigenvalue weighted by Gasteiger charge is -2.43. The van der Waals surface area contributed by atoms with Gasteiger partial charge in [-0.2, -0.15) is 0 Å². The fourth-order valence-electron chi connectivity index (χ4n) is 3.64. The molecule has 29 heavy (non-hydrogen) atoms. The average Bonchev–Trinajstić information content (AvgIpc) is 2.69. The van der Waals surface area contributed by atoms with E-state index in [1.807, 2.05) is 0 Å². The van der Waals surface area contributed by atoms with Gasteiger partial charge >= 0.3 is 0 Å². The molecule has 4 rings (SSSR count). The zero-order valence-corrected chi connectivity index (χ0v) is 15.2. The second-order valence-electron chi connectivity index (χ2n) is 7.13. The van der Waals surface area contributed by atoms with Gasteiger partial charge in [-0.3, -0.25) is 4.98 Å². The first kappa shape index (κ1) is 19.2. The Hall–Kier alpha value is -3.16. The number of halogens is 3. The van der Waals surface area contributed by atoms with Crippen LogP contribution in [-0.4, -0.2) is 32.8 Å². The van der Waals surface area contributed by atoms with Gasteiger partial charge < -0.3 is 10.4 Å². The zero-order valence-electron chi connectivity index (χ0n) is 15.2. The average molecular weight is 398 g/mol. The summed E-state index contributed by atoms with van der Waals surface area (Å²) in [5.41, 5.74) is -0.387. The molecule has 0 aliphatic heterocycles. The van der Waals surface area contributed by atoms with E-state index in [9.17, 15) is 18.3 Å². The van der Waals surface area contributed by atoms with Gasteiger partial charge in [-0.1, -0.05) is 6.07 Å². The van der Waals surface area contributed by atoms with Gasteiger partial charge in [0.05, 0.1) is 11.3 Å². The highest BCUT2D eigenvalue weighted by Crippen LogP contribution is 2.45. The highest BCUT2D eigenvalue weighted by Gasteiger charge is 2.48. The quantitative estimate of drug-likeness (QED) is 0.678. The van der Waals surface area contributed by atoms with Crippen LogP contribution < -0.4 is 5.32 Å². The molecule has 2 heterocycles. The number of rotatable bonds is 5. The summed E-state index contributed by atoms with van der Waals surface area (Å²) in [4.78, 5) is 12.3. The second-order valence-corrected chi connectivity index (χ2v) is 7.13. The van der Waals surface area contributed by atoms with Crippen molar-refractivity contribution in [3.8, 4) is 16.9 Å². The van der Waals surface area contributed by atoms with Crippen molar-refractivity contribution < 1.29 is 18.3 Å². The summed E-state index contributed by atoms with van der Waals surface area (Å²) < 4.78 is 41.9. The van der Waals surface area contributed by atoms with E-state index >= 15 is 0 Å². The van der Waals surface area contributed by atoms with Gasteiger partial charge in [0.15, 0.2) is 0 Å². The molecule has 1 aliphatic carbocycles. The summed E-state index contributed by atoms with van der Waals surface area (Å²) in [7, 11) is 0. The van der Waals surface area contributed by atoms with Gasteiger partial charge in [0, 0.05) is 43.0 Å². The summed E-state index contributed by atoms with van der Waals surface area (Å²) in [5, 5.41) is 13.0. The smallest absolute Gasteiger partial charge is 0.222 e. The van der Waals surface area contributed by atoms with Gasteiger partial charge in [-0.15, -0.1) is 0 Å². The van der Waals surface area contributed by atoms with Crippen LogP contribution in [0.1, 0.15) is 24.1 Å². The second kappa shape index (κ2) is 7.35. The van der Waals surface area contributed by atoms with Crippen LogP contribution in [0.5, 0.6) is 5.75 Å². The van der Waals surface area contributed by atoms with Crippen LogP contribution in [0.15, 0.2) is 42.9 Å². The maximum atomic E-state index is 14.2. The summed E-state index contributed by atoms with van der Waals surface area (Å²) in [6, 6.07) is 5.19. The van der Waals surface area contributed by atoms with Gasteiger partial charge in [0.25, 0.3) is 0 Å². The molecular weight excluding hydrogens is 381 g/mol. The molecule has 5 nitrogen and oxygen atoms in total. The molecule has 0 bridgehead atoms. The van der Waals surface area contributed by atoms with Crippen molar-refractivity contribution in [1.29, 1.82) is 0 Å². The Morgan fingerprint density at radius 3 is 2.48 bits per heavy atom. The predicted molar refractivity (Wildman–Crippen MR) is 101 cm³/mol. The van der Waals surface area contributed by atoms with E-state index in [1.165, 1.54) is 36.8 Å². The zero-order chi connectivity index (χ0) is 20.6. The molecule has 1 aliphatic rings. The molecule has 0 unspecified atom stereocenters. The molecule has 0 atom stereocenters. The Morgan fingerprint density at radius 2 is 1.83 bits per heavy atom. The summed E-state index contributed by atoms with van der Waals surface area (Å²) in [6.45, 7) is 5.81. The third-order valence-corrected chi connectivity index (χ3v) is 5.17. The number of pyridine rings is 1. The van der Waals surface area contributed by atoms with Gasteiger partial charge in [-0.25, -0.2) is 23.1 Å². The fourth-order valence-corrected chi connectivity index (χ4v) is 3.64. The van der Waals surface area contributed by atoms with E-state index < -0.39 is 23.2 Å². The molecule has 3 aromatic rings. The Balaban J connectivity index is 1.54. The van der Waals surface area contributed by atoms with Crippen molar-refractivity contribution in [1.82, 2.24) is 15.0 Å². The standard InChI is InChI=1S/C21H17F3N4O/c1-12-4-5-15(23)17(18(12)29)13-9-26-20(27-10-13)28-11-21(7-14(22)8-21)19-16(24)3-2-6-25-19/h1-6,9-10,14,29H,7-8,11H2,(H,26,27,28). The first-order valence-corrected chi connectivity index (χ1v) is 8.98. The molecular formula is C21H17F3N4O. The van der Waals surface area contributed by atoms with Crippen molar-refractivity contribution >= 4 is 5.95 Å². The van der Waals surface area contributed by atoms with Gasteiger partial charge in [-0.05, 0) is 36.6 Å². The minimum absolute atomic E-state index is 0.0358. The number of nitrogens with zero attached hydrogens (tertiary/aromatic N) is 3. The molecule has 2 radical (unpaired) electrons. The third kappa shape index (κ3) is 3.50. The first-order chi connectivity index (χ1) is 13.9. The Bertz CT molecular complexity index is 1040. The monoisotopic (exact) mass is 398 g/mol. The topological polar surface area (TPSA) is 70.9 Å². The summed E-state index contributed by atoms with van der Waals surface area (Å²) in [6.07, 6.45) is 3.42. The van der Waals surface area contributed by atoms with E-state index in [1.54, 1.807) is 0 Å². The maximum Gasteiger partial charge on any atom is 0.222 e. The minimum Gasteiger partial charge on any atom is -0.507 e. The van der Waals surface area contributed by atoms with Crippen LogP contribution in [0.2, 0.25) is 0 Å². The Kier molecular flexibility index (Phi) is 4.86. The summed E-state index contributed by atoms with van der Waals surface area (Å²) >= 11 is 0. The number of hydrogen-bond donors (Lipinski definition) is 2. The van der Waals surface area contributed by atoms with Gasteiger partial charge in [0.2, 0.25) is 5.95 Å². The number of nitrogens with one attached hydrogen (secondary N) is 1. The SMILES string of the molecule is [CH]c1ccc(F)c(-c2cnc(NCC3(c4ncccc4F)CC(F)C3)nc2)c1O. The number of benzene rings is 1. The molecule has 1 fully saturated rings.